The molecule has 0 aliphatic carbocycles. The standard InChI is InChI=1S/C10H7ClFNO/c1-6-2-3-7(11)9(10(6)12)8(14)4-5-13/h2-3H,4H2,1H3. The molecule has 0 N–H and O–H groups in total. The molecule has 0 aromatic heterocycles. The molecule has 0 spiro atoms. The Hall–Kier alpha value is -1.40. The highest BCUT2D eigenvalue weighted by atomic mass is 35.5. The summed E-state index contributed by atoms with van der Waals surface area (Å²) in [5.41, 5.74) is 0.156. The van der Waals surface area contributed by atoms with Crippen molar-refractivity contribution in [1.29, 1.82) is 5.26 Å². The summed E-state index contributed by atoms with van der Waals surface area (Å²) in [6, 6.07) is 4.60. The molecule has 72 valence electrons. The number of hydrogen-bond acceptors (Lipinski definition) is 2. The first-order chi connectivity index (χ1) is 6.57. The van der Waals surface area contributed by atoms with Crippen LogP contribution in [0.25, 0.3) is 0 Å². The Morgan fingerprint density at radius 3 is 2.86 bits per heavy atom. The number of aryl methyl sites for hydroxylation is 1. The van der Waals surface area contributed by atoms with Gasteiger partial charge < -0.3 is 0 Å². The van der Waals surface area contributed by atoms with E-state index in [1.165, 1.54) is 19.1 Å². The quantitative estimate of drug-likeness (QED) is 0.706. The van der Waals surface area contributed by atoms with Crippen molar-refractivity contribution >= 4 is 17.4 Å². The Kier molecular flexibility index (Phi) is 3.21. The Morgan fingerprint density at radius 2 is 2.29 bits per heavy atom. The third-order valence-electron chi connectivity index (χ3n) is 1.80. The Balaban J connectivity index is 3.27. The van der Waals surface area contributed by atoms with Crippen LogP contribution in [0.4, 0.5) is 4.39 Å². The van der Waals surface area contributed by atoms with Crippen LogP contribution in [0.5, 0.6) is 0 Å². The van der Waals surface area contributed by atoms with Crippen LogP contribution in [-0.4, -0.2) is 5.78 Å². The monoisotopic (exact) mass is 211 g/mol. The maximum absolute atomic E-state index is 13.4. The molecule has 0 fully saturated rings. The van der Waals surface area contributed by atoms with Crippen molar-refractivity contribution < 1.29 is 9.18 Å². The first kappa shape index (κ1) is 10.7. The number of nitrogens with zero attached hydrogens (tertiary/aromatic N) is 1. The predicted molar refractivity (Wildman–Crippen MR) is 50.7 cm³/mol. The van der Waals surface area contributed by atoms with Crippen molar-refractivity contribution in [2.24, 2.45) is 0 Å². The summed E-state index contributed by atoms with van der Waals surface area (Å²) in [5.74, 6) is -1.23. The van der Waals surface area contributed by atoms with E-state index in [0.29, 0.717) is 5.56 Å². The van der Waals surface area contributed by atoms with Crippen molar-refractivity contribution in [3.8, 4) is 6.07 Å². The molecule has 4 heteroatoms. The molecule has 2 nitrogen and oxygen atoms in total. The van der Waals surface area contributed by atoms with Gasteiger partial charge in [-0.3, -0.25) is 4.79 Å². The van der Waals surface area contributed by atoms with Gasteiger partial charge >= 0.3 is 0 Å². The van der Waals surface area contributed by atoms with Crippen LogP contribution in [-0.2, 0) is 0 Å². The third kappa shape index (κ3) is 1.91. The minimum atomic E-state index is -0.641. The fourth-order valence-electron chi connectivity index (χ4n) is 1.07. The van der Waals surface area contributed by atoms with Gasteiger partial charge in [-0.15, -0.1) is 0 Å². The van der Waals surface area contributed by atoms with E-state index < -0.39 is 11.6 Å². The van der Waals surface area contributed by atoms with Crippen LogP contribution in [0.2, 0.25) is 5.02 Å². The smallest absolute Gasteiger partial charge is 0.181 e. The van der Waals surface area contributed by atoms with Crippen LogP contribution >= 0.6 is 11.6 Å². The Morgan fingerprint density at radius 1 is 1.64 bits per heavy atom. The first-order valence-corrected chi connectivity index (χ1v) is 4.30. The molecule has 0 bridgehead atoms. The molecule has 0 saturated carbocycles. The van der Waals surface area contributed by atoms with Crippen LogP contribution in [0.15, 0.2) is 12.1 Å². The van der Waals surface area contributed by atoms with E-state index in [4.69, 9.17) is 16.9 Å². The van der Waals surface area contributed by atoms with Crippen molar-refractivity contribution in [1.82, 2.24) is 0 Å². The summed E-state index contributed by atoms with van der Waals surface area (Å²) < 4.78 is 13.4. The van der Waals surface area contributed by atoms with Gasteiger partial charge in [-0.2, -0.15) is 5.26 Å². The predicted octanol–water partition coefficient (Wildman–Crippen LogP) is 2.88. The molecule has 1 aromatic rings. The summed E-state index contributed by atoms with van der Waals surface area (Å²) in [5, 5.41) is 8.36. The Labute approximate surface area is 85.9 Å². The second-order valence-electron chi connectivity index (χ2n) is 2.81. The second-order valence-corrected chi connectivity index (χ2v) is 3.22. The lowest BCUT2D eigenvalue weighted by molar-refractivity contribution is 0.0994. The molecule has 0 saturated heterocycles. The van der Waals surface area contributed by atoms with Gasteiger partial charge in [0.25, 0.3) is 0 Å². The first-order valence-electron chi connectivity index (χ1n) is 3.92. The molecule has 1 aromatic carbocycles. The van der Waals surface area contributed by atoms with Gasteiger partial charge in [-0.05, 0) is 18.6 Å². The highest BCUT2D eigenvalue weighted by Gasteiger charge is 2.16. The molecular formula is C10H7ClFNO. The molecule has 0 atom stereocenters. The number of benzene rings is 1. The normalized spacial score (nSPS) is 9.57. The van der Waals surface area contributed by atoms with Gasteiger partial charge in [0.1, 0.15) is 5.82 Å². The van der Waals surface area contributed by atoms with Crippen molar-refractivity contribution in [2.75, 3.05) is 0 Å². The molecule has 0 unspecified atom stereocenters. The van der Waals surface area contributed by atoms with Crippen molar-refractivity contribution in [2.45, 2.75) is 13.3 Å². The van der Waals surface area contributed by atoms with E-state index in [9.17, 15) is 9.18 Å². The minimum absolute atomic E-state index is 0.0494. The summed E-state index contributed by atoms with van der Waals surface area (Å²) >= 11 is 5.66. The van der Waals surface area contributed by atoms with Crippen molar-refractivity contribution in [3.05, 3.63) is 34.1 Å². The third-order valence-corrected chi connectivity index (χ3v) is 2.12. The Bertz CT molecular complexity index is 423. The number of ketones is 1. The maximum atomic E-state index is 13.4. The summed E-state index contributed by atoms with van der Waals surface area (Å²) in [6.07, 6.45) is -0.361. The molecule has 0 amide bonds. The zero-order chi connectivity index (χ0) is 10.7. The molecule has 0 aliphatic rings. The molecular weight excluding hydrogens is 205 g/mol. The fraction of sp³-hybridized carbons (Fsp3) is 0.200. The molecule has 0 aliphatic heterocycles. The highest BCUT2D eigenvalue weighted by Crippen LogP contribution is 2.23. The lowest BCUT2D eigenvalue weighted by atomic mass is 10.1. The SMILES string of the molecule is Cc1ccc(Cl)c(C(=O)CC#N)c1F. The van der Waals surface area contributed by atoms with Gasteiger partial charge in [0.2, 0.25) is 0 Å². The molecule has 0 radical (unpaired) electrons. The lowest BCUT2D eigenvalue weighted by Crippen LogP contribution is -2.03. The van der Waals surface area contributed by atoms with Gasteiger partial charge in [-0.25, -0.2) is 4.39 Å². The van der Waals surface area contributed by atoms with Gasteiger partial charge in [-0.1, -0.05) is 17.7 Å². The van der Waals surface area contributed by atoms with Crippen LogP contribution in [0.1, 0.15) is 22.3 Å². The molecule has 14 heavy (non-hydrogen) atoms. The van der Waals surface area contributed by atoms with Gasteiger partial charge in [0, 0.05) is 0 Å². The molecule has 1 rings (SSSR count). The van der Waals surface area contributed by atoms with E-state index in [-0.39, 0.29) is 17.0 Å². The molecule has 0 heterocycles. The van der Waals surface area contributed by atoms with Crippen LogP contribution < -0.4 is 0 Å². The topological polar surface area (TPSA) is 40.9 Å². The maximum Gasteiger partial charge on any atom is 0.181 e. The van der Waals surface area contributed by atoms with E-state index >= 15 is 0 Å². The summed E-state index contributed by atoms with van der Waals surface area (Å²) in [4.78, 5) is 11.3. The average Bonchev–Trinajstić information content (AvgIpc) is 2.13. The van der Waals surface area contributed by atoms with E-state index in [1.807, 2.05) is 0 Å². The minimum Gasteiger partial charge on any atom is -0.293 e. The van der Waals surface area contributed by atoms with E-state index in [2.05, 4.69) is 0 Å². The number of Topliss-reactive ketones (excluding diaryl/α,β-unsaturated/α-hetero) is 1. The van der Waals surface area contributed by atoms with Gasteiger partial charge in [0.15, 0.2) is 5.78 Å². The zero-order valence-corrected chi connectivity index (χ0v) is 8.23. The number of rotatable bonds is 2. The average molecular weight is 212 g/mol. The zero-order valence-electron chi connectivity index (χ0n) is 7.47. The second kappa shape index (κ2) is 4.21. The number of nitriles is 1. The lowest BCUT2D eigenvalue weighted by Gasteiger charge is -2.04. The van der Waals surface area contributed by atoms with E-state index in [1.54, 1.807) is 6.07 Å². The highest BCUT2D eigenvalue weighted by molar-refractivity contribution is 6.34. The van der Waals surface area contributed by atoms with Crippen LogP contribution in [0.3, 0.4) is 0 Å². The van der Waals surface area contributed by atoms with E-state index in [0.717, 1.165) is 0 Å². The largest absolute Gasteiger partial charge is 0.293 e. The summed E-state index contributed by atoms with van der Waals surface area (Å²) in [7, 11) is 0. The summed E-state index contributed by atoms with van der Waals surface area (Å²) in [6.45, 7) is 1.54. The number of halogens is 2. The van der Waals surface area contributed by atoms with Crippen LogP contribution in [0, 0.1) is 24.1 Å². The number of hydrogen-bond donors (Lipinski definition) is 0. The number of carbonyl (C=O) groups is 1. The number of carbonyl (C=O) groups excluding carboxylic acids is 1. The van der Waals surface area contributed by atoms with Crippen molar-refractivity contribution in [3.63, 3.8) is 0 Å². The van der Waals surface area contributed by atoms with Gasteiger partial charge in [0.05, 0.1) is 23.1 Å². The fourth-order valence-corrected chi connectivity index (χ4v) is 1.32.